The van der Waals surface area contributed by atoms with E-state index in [4.69, 9.17) is 5.73 Å². The fraction of sp³-hybridized carbons (Fsp3) is 0.308. The molecule has 1 aromatic heterocycles. The van der Waals surface area contributed by atoms with Crippen LogP contribution in [0.5, 0.6) is 0 Å². The molecule has 0 amide bonds. The highest BCUT2D eigenvalue weighted by atomic mass is 32.1. The molecule has 0 atom stereocenters. The largest absolute Gasteiger partial charge is 0.368 e. The van der Waals surface area contributed by atoms with Crippen LogP contribution in [0.2, 0.25) is 0 Å². The van der Waals surface area contributed by atoms with E-state index >= 15 is 0 Å². The molecule has 0 saturated heterocycles. The first-order valence-electron chi connectivity index (χ1n) is 5.78. The van der Waals surface area contributed by atoms with Crippen LogP contribution in [0.15, 0.2) is 29.1 Å². The van der Waals surface area contributed by atoms with Crippen LogP contribution in [-0.4, -0.2) is 18.6 Å². The number of hydrogen-bond donors (Lipinski definition) is 1. The van der Waals surface area contributed by atoms with Gasteiger partial charge in [0.05, 0.1) is 17.7 Å². The van der Waals surface area contributed by atoms with E-state index < -0.39 is 0 Å². The molecule has 0 aliphatic rings. The molecular formula is C13H16FN3S. The van der Waals surface area contributed by atoms with Crippen LogP contribution in [0, 0.1) is 5.82 Å². The van der Waals surface area contributed by atoms with E-state index in [1.165, 1.54) is 6.07 Å². The summed E-state index contributed by atoms with van der Waals surface area (Å²) in [4.78, 5) is 6.24. The van der Waals surface area contributed by atoms with Gasteiger partial charge in [-0.15, -0.1) is 11.3 Å². The van der Waals surface area contributed by atoms with Crippen LogP contribution in [-0.2, 0) is 13.0 Å². The second-order valence-electron chi connectivity index (χ2n) is 4.11. The number of thiazole rings is 1. The number of anilines is 1. The molecule has 1 heterocycles. The summed E-state index contributed by atoms with van der Waals surface area (Å²) in [7, 11) is 1.94. The lowest BCUT2D eigenvalue weighted by Gasteiger charge is -2.22. The Bertz CT molecular complexity index is 499. The minimum absolute atomic E-state index is 0.192. The van der Waals surface area contributed by atoms with Gasteiger partial charge in [0.25, 0.3) is 0 Å². The van der Waals surface area contributed by atoms with Gasteiger partial charge in [-0.05, 0) is 25.1 Å². The number of hydrogen-bond acceptors (Lipinski definition) is 4. The molecule has 5 heteroatoms. The summed E-state index contributed by atoms with van der Waals surface area (Å²) in [6, 6.07) is 5.12. The summed E-state index contributed by atoms with van der Waals surface area (Å²) in [5, 5.41) is 2.00. The molecule has 18 heavy (non-hydrogen) atoms. The summed E-state index contributed by atoms with van der Waals surface area (Å²) in [5.41, 5.74) is 9.89. The van der Waals surface area contributed by atoms with Gasteiger partial charge < -0.3 is 10.6 Å². The maximum Gasteiger partial charge on any atom is 0.128 e. The minimum atomic E-state index is -0.192. The van der Waals surface area contributed by atoms with Crippen molar-refractivity contribution in [3.05, 3.63) is 46.2 Å². The molecule has 0 aliphatic carbocycles. The molecule has 0 saturated carbocycles. The van der Waals surface area contributed by atoms with Crippen molar-refractivity contribution >= 4 is 17.0 Å². The summed E-state index contributed by atoms with van der Waals surface area (Å²) in [5.74, 6) is -0.192. The second-order valence-corrected chi connectivity index (χ2v) is 4.83. The van der Waals surface area contributed by atoms with Crippen LogP contribution in [0.25, 0.3) is 0 Å². The zero-order valence-electron chi connectivity index (χ0n) is 10.3. The predicted molar refractivity (Wildman–Crippen MR) is 73.4 cm³/mol. The van der Waals surface area contributed by atoms with Crippen LogP contribution in [0.3, 0.4) is 0 Å². The number of rotatable bonds is 5. The molecule has 0 spiro atoms. The normalized spacial score (nSPS) is 10.6. The van der Waals surface area contributed by atoms with E-state index in [0.717, 1.165) is 11.4 Å². The van der Waals surface area contributed by atoms with Gasteiger partial charge in [-0.1, -0.05) is 6.07 Å². The average Bonchev–Trinajstić information content (AvgIpc) is 2.84. The molecule has 0 unspecified atom stereocenters. The van der Waals surface area contributed by atoms with E-state index in [2.05, 4.69) is 4.98 Å². The first kappa shape index (κ1) is 13.0. The Morgan fingerprint density at radius 3 is 2.94 bits per heavy atom. The third-order valence-corrected chi connectivity index (χ3v) is 3.42. The van der Waals surface area contributed by atoms with Gasteiger partial charge in [-0.25, -0.2) is 9.37 Å². The van der Waals surface area contributed by atoms with Gasteiger partial charge in [-0.2, -0.15) is 0 Å². The number of aromatic nitrogens is 1. The van der Waals surface area contributed by atoms with Gasteiger partial charge in [0.2, 0.25) is 0 Å². The molecule has 96 valence electrons. The lowest BCUT2D eigenvalue weighted by Crippen LogP contribution is -2.20. The van der Waals surface area contributed by atoms with E-state index in [9.17, 15) is 4.39 Å². The van der Waals surface area contributed by atoms with Crippen molar-refractivity contribution < 1.29 is 4.39 Å². The Balaban J connectivity index is 2.23. The molecule has 3 nitrogen and oxygen atoms in total. The van der Waals surface area contributed by atoms with Crippen LogP contribution < -0.4 is 10.6 Å². The fourth-order valence-corrected chi connectivity index (χ4v) is 2.49. The molecule has 2 rings (SSSR count). The maximum absolute atomic E-state index is 13.8. The monoisotopic (exact) mass is 265 g/mol. The zero-order chi connectivity index (χ0) is 13.0. The Labute approximate surface area is 110 Å². The first-order valence-corrected chi connectivity index (χ1v) is 6.72. The van der Waals surface area contributed by atoms with Crippen LogP contribution in [0.4, 0.5) is 10.1 Å². The van der Waals surface area contributed by atoms with Crippen LogP contribution >= 0.6 is 11.3 Å². The highest BCUT2D eigenvalue weighted by Gasteiger charge is 2.12. The molecule has 2 aromatic rings. The van der Waals surface area contributed by atoms with E-state index in [-0.39, 0.29) is 5.82 Å². The van der Waals surface area contributed by atoms with Crippen molar-refractivity contribution in [2.45, 2.75) is 13.0 Å². The second kappa shape index (κ2) is 5.93. The molecule has 1 aromatic carbocycles. The smallest absolute Gasteiger partial charge is 0.128 e. The van der Waals surface area contributed by atoms with Gasteiger partial charge in [0.1, 0.15) is 5.82 Å². The number of benzene rings is 1. The van der Waals surface area contributed by atoms with Crippen LogP contribution in [0.1, 0.15) is 11.3 Å². The van der Waals surface area contributed by atoms with Crippen molar-refractivity contribution in [1.29, 1.82) is 0 Å². The lowest BCUT2D eigenvalue weighted by atomic mass is 10.1. The number of nitrogens with zero attached hydrogens (tertiary/aromatic N) is 2. The summed E-state index contributed by atoms with van der Waals surface area (Å²) in [6.45, 7) is 1.11. The third-order valence-electron chi connectivity index (χ3n) is 2.78. The minimum Gasteiger partial charge on any atom is -0.368 e. The molecule has 0 radical (unpaired) electrons. The van der Waals surface area contributed by atoms with Gasteiger partial charge in [-0.3, -0.25) is 0 Å². The molecular weight excluding hydrogens is 249 g/mol. The molecule has 0 bridgehead atoms. The number of nitrogens with two attached hydrogens (primary N) is 1. The van der Waals surface area contributed by atoms with Crippen molar-refractivity contribution in [1.82, 2.24) is 4.98 Å². The Morgan fingerprint density at radius 2 is 2.28 bits per heavy atom. The highest BCUT2D eigenvalue weighted by molar-refractivity contribution is 7.07. The Hall–Kier alpha value is -1.46. The first-order chi connectivity index (χ1) is 8.72. The zero-order valence-corrected chi connectivity index (χ0v) is 11.1. The average molecular weight is 265 g/mol. The Kier molecular flexibility index (Phi) is 4.28. The van der Waals surface area contributed by atoms with E-state index in [0.29, 0.717) is 25.1 Å². The van der Waals surface area contributed by atoms with Gasteiger partial charge >= 0.3 is 0 Å². The van der Waals surface area contributed by atoms with Crippen molar-refractivity contribution in [3.8, 4) is 0 Å². The summed E-state index contributed by atoms with van der Waals surface area (Å²) < 4.78 is 13.8. The third kappa shape index (κ3) is 2.86. The van der Waals surface area contributed by atoms with Crippen molar-refractivity contribution in [2.24, 2.45) is 5.73 Å². The van der Waals surface area contributed by atoms with Crippen molar-refractivity contribution in [3.63, 3.8) is 0 Å². The van der Waals surface area contributed by atoms with Gasteiger partial charge in [0.15, 0.2) is 0 Å². The SMILES string of the molecule is CN(Cc1cscn1)c1cccc(F)c1CCN. The fourth-order valence-electron chi connectivity index (χ4n) is 1.94. The van der Waals surface area contributed by atoms with Gasteiger partial charge in [0, 0.05) is 23.7 Å². The summed E-state index contributed by atoms with van der Waals surface area (Å²) >= 11 is 1.56. The van der Waals surface area contributed by atoms with Crippen molar-refractivity contribution in [2.75, 3.05) is 18.5 Å². The molecule has 0 fully saturated rings. The molecule has 0 aliphatic heterocycles. The summed E-state index contributed by atoms with van der Waals surface area (Å²) in [6.07, 6.45) is 0.545. The quantitative estimate of drug-likeness (QED) is 0.902. The standard InChI is InChI=1S/C13H16FN3S/c1-17(7-10-8-18-9-16-10)13-4-2-3-12(14)11(13)5-6-15/h2-4,8-9H,5-7,15H2,1H3. The van der Waals surface area contributed by atoms with E-state index in [1.807, 2.05) is 23.4 Å². The predicted octanol–water partition coefficient (Wildman–Crippen LogP) is 2.42. The maximum atomic E-state index is 13.8. The van der Waals surface area contributed by atoms with E-state index in [1.54, 1.807) is 22.9 Å². The highest BCUT2D eigenvalue weighted by Crippen LogP contribution is 2.24. The topological polar surface area (TPSA) is 42.2 Å². The lowest BCUT2D eigenvalue weighted by molar-refractivity contribution is 0.608. The Morgan fingerprint density at radius 1 is 1.44 bits per heavy atom. The number of halogens is 1. The molecule has 2 N–H and O–H groups in total.